The number of aliphatic hydroxyl groups excluding tert-OH is 1. The monoisotopic (exact) mass is 238 g/mol. The molecule has 1 aromatic rings. The Bertz CT molecular complexity index is 416. The molecule has 0 aromatic carbocycles. The molecule has 1 aliphatic heterocycles. The highest BCUT2D eigenvalue weighted by Crippen LogP contribution is 2.18. The molecule has 2 heterocycles. The summed E-state index contributed by atoms with van der Waals surface area (Å²) in [6, 6.07) is 1.99. The normalized spacial score (nSPS) is 19.2. The van der Waals surface area contributed by atoms with Crippen molar-refractivity contribution in [3.8, 4) is 0 Å². The molecule has 6 nitrogen and oxygen atoms in total. The maximum Gasteiger partial charge on any atom is 0.237 e. The predicted molar refractivity (Wildman–Crippen MR) is 62.1 cm³/mol. The zero-order valence-electron chi connectivity index (χ0n) is 10.2. The number of amides is 1. The molecule has 17 heavy (non-hydrogen) atoms. The summed E-state index contributed by atoms with van der Waals surface area (Å²) in [7, 11) is 1.76. The molecule has 1 aliphatic rings. The Kier molecular flexibility index (Phi) is 3.44. The van der Waals surface area contributed by atoms with Gasteiger partial charge in [-0.1, -0.05) is 0 Å². The van der Waals surface area contributed by atoms with E-state index in [1.165, 1.54) is 0 Å². The van der Waals surface area contributed by atoms with Gasteiger partial charge in [-0.15, -0.1) is 0 Å². The third-order valence-electron chi connectivity index (χ3n) is 3.03. The van der Waals surface area contributed by atoms with E-state index in [0.717, 1.165) is 5.69 Å². The van der Waals surface area contributed by atoms with Crippen molar-refractivity contribution in [2.75, 3.05) is 13.6 Å². The van der Waals surface area contributed by atoms with Gasteiger partial charge in [0.2, 0.25) is 5.91 Å². The van der Waals surface area contributed by atoms with E-state index in [2.05, 4.69) is 10.4 Å². The second kappa shape index (κ2) is 4.85. The number of aliphatic hydroxyl groups is 1. The van der Waals surface area contributed by atoms with Gasteiger partial charge in [-0.25, -0.2) is 0 Å². The Hall–Kier alpha value is -1.40. The van der Waals surface area contributed by atoms with Gasteiger partial charge in [-0.2, -0.15) is 5.10 Å². The molecule has 1 atom stereocenters. The molecule has 0 unspecified atom stereocenters. The van der Waals surface area contributed by atoms with Crippen LogP contribution in [0.15, 0.2) is 6.07 Å². The van der Waals surface area contributed by atoms with E-state index in [9.17, 15) is 4.79 Å². The third kappa shape index (κ3) is 2.32. The van der Waals surface area contributed by atoms with Crippen LogP contribution in [0.4, 0.5) is 0 Å². The summed E-state index contributed by atoms with van der Waals surface area (Å²) in [5.41, 5.74) is 1.65. The summed E-state index contributed by atoms with van der Waals surface area (Å²) in [6.07, 6.45) is 0. The number of carbonyl (C=O) groups is 1. The zero-order chi connectivity index (χ0) is 12.4. The molecular weight excluding hydrogens is 220 g/mol. The number of nitrogens with zero attached hydrogens (tertiary/aromatic N) is 3. The minimum absolute atomic E-state index is 0.0567. The van der Waals surface area contributed by atoms with Gasteiger partial charge < -0.3 is 15.3 Å². The number of rotatable bonds is 3. The largest absolute Gasteiger partial charge is 0.390 e. The van der Waals surface area contributed by atoms with Crippen LogP contribution in [0.2, 0.25) is 0 Å². The Labute approximate surface area is 100 Å². The highest BCUT2D eigenvalue weighted by molar-refractivity contribution is 5.78. The van der Waals surface area contributed by atoms with Gasteiger partial charge >= 0.3 is 0 Å². The molecule has 6 heteroatoms. The number of hydrogen-bond acceptors (Lipinski definition) is 4. The fraction of sp³-hybridized carbons (Fsp3) is 0.636. The first-order chi connectivity index (χ1) is 8.15. The molecule has 0 spiro atoms. The number of fused-ring (bicyclic) bond motifs is 1. The van der Waals surface area contributed by atoms with Gasteiger partial charge in [0.15, 0.2) is 0 Å². The fourth-order valence-corrected chi connectivity index (χ4v) is 2.14. The van der Waals surface area contributed by atoms with Crippen LogP contribution in [-0.2, 0) is 24.5 Å². The van der Waals surface area contributed by atoms with Crippen LogP contribution in [0.5, 0.6) is 0 Å². The van der Waals surface area contributed by atoms with Crippen molar-refractivity contribution in [1.29, 1.82) is 0 Å². The van der Waals surface area contributed by atoms with Gasteiger partial charge in [-0.3, -0.25) is 9.48 Å². The molecule has 2 N–H and O–H groups in total. The molecule has 0 bridgehead atoms. The van der Waals surface area contributed by atoms with Crippen molar-refractivity contribution in [2.24, 2.45) is 0 Å². The van der Waals surface area contributed by atoms with Crippen molar-refractivity contribution in [2.45, 2.75) is 32.7 Å². The van der Waals surface area contributed by atoms with E-state index in [0.29, 0.717) is 25.3 Å². The number of nitrogens with one attached hydrogen (secondary N) is 1. The summed E-state index contributed by atoms with van der Waals surface area (Å²) >= 11 is 0. The summed E-state index contributed by atoms with van der Waals surface area (Å²) in [5.74, 6) is 0.0954. The molecule has 0 saturated carbocycles. The van der Waals surface area contributed by atoms with Crippen LogP contribution in [0.3, 0.4) is 0 Å². The van der Waals surface area contributed by atoms with E-state index in [1.54, 1.807) is 7.05 Å². The molecule has 1 amide bonds. The van der Waals surface area contributed by atoms with Gasteiger partial charge in [0.1, 0.15) is 0 Å². The van der Waals surface area contributed by atoms with Crippen LogP contribution in [0.1, 0.15) is 18.3 Å². The van der Waals surface area contributed by atoms with Crippen LogP contribution in [0, 0.1) is 0 Å². The highest BCUT2D eigenvalue weighted by atomic mass is 16.3. The Balaban J connectivity index is 2.17. The number of hydrogen-bond donors (Lipinski definition) is 2. The summed E-state index contributed by atoms with van der Waals surface area (Å²) in [5, 5.41) is 16.2. The summed E-state index contributed by atoms with van der Waals surface area (Å²) < 4.78 is 1.87. The maximum absolute atomic E-state index is 11.9. The topological polar surface area (TPSA) is 70.4 Å². The second-order valence-electron chi connectivity index (χ2n) is 4.37. The Morgan fingerprint density at radius 3 is 3.12 bits per heavy atom. The Morgan fingerprint density at radius 2 is 2.47 bits per heavy atom. The average molecular weight is 238 g/mol. The van der Waals surface area contributed by atoms with E-state index in [4.69, 9.17) is 5.11 Å². The summed E-state index contributed by atoms with van der Waals surface area (Å²) in [4.78, 5) is 13.7. The SMILES string of the molecule is CNCC(=O)N1Cc2cc(CO)nn2C[C@H]1C. The van der Waals surface area contributed by atoms with Crippen molar-refractivity contribution in [3.05, 3.63) is 17.5 Å². The zero-order valence-corrected chi connectivity index (χ0v) is 10.2. The lowest BCUT2D eigenvalue weighted by Gasteiger charge is -2.33. The van der Waals surface area contributed by atoms with Crippen LogP contribution >= 0.6 is 0 Å². The van der Waals surface area contributed by atoms with Crippen molar-refractivity contribution < 1.29 is 9.90 Å². The highest BCUT2D eigenvalue weighted by Gasteiger charge is 2.27. The number of carbonyl (C=O) groups excluding carboxylic acids is 1. The van der Waals surface area contributed by atoms with Crippen LogP contribution in [0.25, 0.3) is 0 Å². The summed E-state index contributed by atoms with van der Waals surface area (Å²) in [6.45, 7) is 3.56. The molecule has 2 rings (SSSR count). The van der Waals surface area contributed by atoms with Gasteiger partial charge in [0.25, 0.3) is 0 Å². The van der Waals surface area contributed by atoms with Crippen molar-refractivity contribution in [3.63, 3.8) is 0 Å². The first-order valence-corrected chi connectivity index (χ1v) is 5.76. The molecular formula is C11H18N4O2. The van der Waals surface area contributed by atoms with Crippen LogP contribution < -0.4 is 5.32 Å². The smallest absolute Gasteiger partial charge is 0.237 e. The van der Waals surface area contributed by atoms with Gasteiger partial charge in [-0.05, 0) is 20.0 Å². The van der Waals surface area contributed by atoms with E-state index in [-0.39, 0.29) is 18.6 Å². The molecule has 94 valence electrons. The predicted octanol–water partition coefficient (Wildman–Crippen LogP) is -0.674. The average Bonchev–Trinajstić information content (AvgIpc) is 2.70. The second-order valence-corrected chi connectivity index (χ2v) is 4.37. The Morgan fingerprint density at radius 1 is 1.71 bits per heavy atom. The molecule has 0 fully saturated rings. The first kappa shape index (κ1) is 12.1. The fourth-order valence-electron chi connectivity index (χ4n) is 2.14. The standard InChI is InChI=1S/C11H18N4O2/c1-8-5-15-10(3-9(7-16)13-15)6-14(8)11(17)4-12-2/h3,8,12,16H,4-7H2,1-2H3/t8-/m1/s1. The quantitative estimate of drug-likeness (QED) is 0.732. The van der Waals surface area contributed by atoms with Crippen molar-refractivity contribution >= 4 is 5.91 Å². The number of likely N-dealkylation sites (N-methyl/N-ethyl adjacent to an activating group) is 1. The van der Waals surface area contributed by atoms with Crippen molar-refractivity contribution in [1.82, 2.24) is 20.0 Å². The lowest BCUT2D eigenvalue weighted by atomic mass is 10.2. The van der Waals surface area contributed by atoms with E-state index >= 15 is 0 Å². The van der Waals surface area contributed by atoms with E-state index < -0.39 is 0 Å². The third-order valence-corrected chi connectivity index (χ3v) is 3.03. The lowest BCUT2D eigenvalue weighted by Crippen LogP contribution is -2.47. The van der Waals surface area contributed by atoms with Crippen LogP contribution in [-0.4, -0.2) is 45.3 Å². The van der Waals surface area contributed by atoms with Gasteiger partial charge in [0.05, 0.1) is 37.6 Å². The first-order valence-electron chi connectivity index (χ1n) is 5.76. The lowest BCUT2D eigenvalue weighted by molar-refractivity contribution is -0.134. The minimum atomic E-state index is -0.0567. The molecule has 0 radical (unpaired) electrons. The minimum Gasteiger partial charge on any atom is -0.390 e. The number of aromatic nitrogens is 2. The van der Waals surface area contributed by atoms with Gasteiger partial charge in [0, 0.05) is 6.04 Å². The molecule has 1 aromatic heterocycles. The van der Waals surface area contributed by atoms with E-state index in [1.807, 2.05) is 22.6 Å². The molecule has 0 saturated heterocycles. The molecule has 0 aliphatic carbocycles. The maximum atomic E-state index is 11.9.